The van der Waals surface area contributed by atoms with Gasteiger partial charge in [-0.15, -0.1) is 0 Å². The average molecular weight is 235 g/mol. The van der Waals surface area contributed by atoms with E-state index in [1.807, 2.05) is 18.2 Å². The van der Waals surface area contributed by atoms with Crippen molar-refractivity contribution >= 4 is 5.69 Å². The number of anilines is 1. The molecule has 4 heteroatoms. The second-order valence-corrected chi connectivity index (χ2v) is 4.53. The van der Waals surface area contributed by atoms with E-state index < -0.39 is 0 Å². The van der Waals surface area contributed by atoms with E-state index in [0.717, 1.165) is 37.6 Å². The maximum absolute atomic E-state index is 5.20. The van der Waals surface area contributed by atoms with Gasteiger partial charge >= 0.3 is 0 Å². The van der Waals surface area contributed by atoms with Crippen LogP contribution in [-0.4, -0.2) is 51.3 Å². The van der Waals surface area contributed by atoms with Gasteiger partial charge in [0.1, 0.15) is 5.75 Å². The van der Waals surface area contributed by atoms with Crippen molar-refractivity contribution in [2.75, 3.05) is 45.7 Å². The maximum atomic E-state index is 5.20. The highest BCUT2D eigenvalue weighted by Crippen LogP contribution is 2.16. The summed E-state index contributed by atoms with van der Waals surface area (Å²) in [5.74, 6) is 0.892. The number of rotatable bonds is 4. The van der Waals surface area contributed by atoms with Crippen molar-refractivity contribution < 1.29 is 4.74 Å². The third-order valence-corrected chi connectivity index (χ3v) is 3.08. The molecule has 4 nitrogen and oxygen atoms in total. The van der Waals surface area contributed by atoms with Gasteiger partial charge in [0.15, 0.2) is 0 Å². The molecule has 1 saturated heterocycles. The van der Waals surface area contributed by atoms with Gasteiger partial charge in [0.2, 0.25) is 0 Å². The summed E-state index contributed by atoms with van der Waals surface area (Å²) in [6.07, 6.45) is 0. The minimum Gasteiger partial charge on any atom is -0.497 e. The first-order valence-electron chi connectivity index (χ1n) is 6.08. The van der Waals surface area contributed by atoms with Crippen LogP contribution >= 0.6 is 0 Å². The Labute approximate surface area is 103 Å². The minimum atomic E-state index is 0.514. The van der Waals surface area contributed by atoms with E-state index >= 15 is 0 Å². The molecular weight excluding hydrogens is 214 g/mol. The monoisotopic (exact) mass is 235 g/mol. The van der Waals surface area contributed by atoms with E-state index in [-0.39, 0.29) is 0 Å². The summed E-state index contributed by atoms with van der Waals surface area (Å²) >= 11 is 0. The summed E-state index contributed by atoms with van der Waals surface area (Å²) < 4.78 is 5.20. The van der Waals surface area contributed by atoms with E-state index in [0.29, 0.717) is 6.04 Å². The van der Waals surface area contributed by atoms with E-state index in [2.05, 4.69) is 28.6 Å². The van der Waals surface area contributed by atoms with Crippen LogP contribution in [0.25, 0.3) is 0 Å². The quantitative estimate of drug-likeness (QED) is 0.816. The normalized spacial score (nSPS) is 21.2. The molecule has 0 aliphatic carbocycles. The molecule has 0 spiro atoms. The zero-order chi connectivity index (χ0) is 12.1. The van der Waals surface area contributed by atoms with Gasteiger partial charge in [0.05, 0.1) is 7.11 Å². The summed E-state index contributed by atoms with van der Waals surface area (Å²) in [4.78, 5) is 2.36. The first-order valence-corrected chi connectivity index (χ1v) is 6.08. The number of ether oxygens (including phenoxy) is 1. The fourth-order valence-electron chi connectivity index (χ4n) is 2.10. The highest BCUT2D eigenvalue weighted by Gasteiger charge is 2.15. The van der Waals surface area contributed by atoms with Crippen LogP contribution in [-0.2, 0) is 0 Å². The molecule has 2 rings (SSSR count). The van der Waals surface area contributed by atoms with Gasteiger partial charge in [-0.2, -0.15) is 0 Å². The third-order valence-electron chi connectivity index (χ3n) is 3.08. The van der Waals surface area contributed by atoms with Gasteiger partial charge < -0.3 is 20.3 Å². The van der Waals surface area contributed by atoms with Gasteiger partial charge in [-0.25, -0.2) is 0 Å². The van der Waals surface area contributed by atoms with E-state index in [1.54, 1.807) is 7.11 Å². The molecule has 0 radical (unpaired) electrons. The number of nitrogens with zero attached hydrogens (tertiary/aromatic N) is 1. The molecule has 1 aliphatic heterocycles. The van der Waals surface area contributed by atoms with E-state index in [1.165, 1.54) is 0 Å². The Balaban J connectivity index is 1.84. The fraction of sp³-hybridized carbons (Fsp3) is 0.538. The van der Waals surface area contributed by atoms with Crippen molar-refractivity contribution in [3.05, 3.63) is 24.3 Å². The maximum Gasteiger partial charge on any atom is 0.120 e. The van der Waals surface area contributed by atoms with Crippen LogP contribution in [0, 0.1) is 0 Å². The topological polar surface area (TPSA) is 36.5 Å². The molecule has 94 valence electrons. The number of nitrogens with one attached hydrogen (secondary N) is 2. The summed E-state index contributed by atoms with van der Waals surface area (Å²) in [7, 11) is 3.86. The summed E-state index contributed by atoms with van der Waals surface area (Å²) in [5, 5.41) is 6.95. The fourth-order valence-corrected chi connectivity index (χ4v) is 2.10. The van der Waals surface area contributed by atoms with Crippen molar-refractivity contribution in [2.45, 2.75) is 6.04 Å². The van der Waals surface area contributed by atoms with Crippen LogP contribution in [0.4, 0.5) is 5.69 Å². The molecule has 0 bridgehead atoms. The zero-order valence-corrected chi connectivity index (χ0v) is 10.6. The second kappa shape index (κ2) is 5.89. The third kappa shape index (κ3) is 3.61. The number of hydrogen-bond acceptors (Lipinski definition) is 4. The van der Waals surface area contributed by atoms with Crippen LogP contribution in [0.15, 0.2) is 24.3 Å². The lowest BCUT2D eigenvalue weighted by molar-refractivity contribution is 0.244. The first-order chi connectivity index (χ1) is 8.28. The van der Waals surface area contributed by atoms with Crippen molar-refractivity contribution in [3.8, 4) is 5.75 Å². The van der Waals surface area contributed by atoms with Gasteiger partial charge in [-0.1, -0.05) is 6.07 Å². The lowest BCUT2D eigenvalue weighted by Gasteiger charge is -2.31. The SMILES string of the molecule is COc1cccc(NCC2CN(C)CCN2)c1. The Bertz CT molecular complexity index is 356. The molecule has 17 heavy (non-hydrogen) atoms. The molecule has 0 saturated carbocycles. The van der Waals surface area contributed by atoms with Crippen molar-refractivity contribution in [3.63, 3.8) is 0 Å². The second-order valence-electron chi connectivity index (χ2n) is 4.53. The van der Waals surface area contributed by atoms with Gasteiger partial charge in [0, 0.05) is 44.0 Å². The number of benzene rings is 1. The number of likely N-dealkylation sites (N-methyl/N-ethyl adjacent to an activating group) is 1. The van der Waals surface area contributed by atoms with Crippen LogP contribution in [0.3, 0.4) is 0 Å². The highest BCUT2D eigenvalue weighted by atomic mass is 16.5. The van der Waals surface area contributed by atoms with Crippen LogP contribution in [0.2, 0.25) is 0 Å². The van der Waals surface area contributed by atoms with Crippen LogP contribution in [0.5, 0.6) is 5.75 Å². The van der Waals surface area contributed by atoms with Crippen molar-refractivity contribution in [1.82, 2.24) is 10.2 Å². The number of methoxy groups -OCH3 is 1. The molecule has 2 N–H and O–H groups in total. The molecular formula is C13H21N3O. The molecule has 1 fully saturated rings. The Hall–Kier alpha value is -1.26. The number of piperazine rings is 1. The Morgan fingerprint density at radius 3 is 3.18 bits per heavy atom. The first kappa shape index (κ1) is 12.2. The Morgan fingerprint density at radius 2 is 2.41 bits per heavy atom. The Kier molecular flexibility index (Phi) is 4.23. The van der Waals surface area contributed by atoms with E-state index in [9.17, 15) is 0 Å². The minimum absolute atomic E-state index is 0.514. The lowest BCUT2D eigenvalue weighted by atomic mass is 10.2. The van der Waals surface area contributed by atoms with Gasteiger partial charge in [-0.3, -0.25) is 0 Å². The molecule has 1 aromatic carbocycles. The predicted molar refractivity (Wildman–Crippen MR) is 70.8 cm³/mol. The largest absolute Gasteiger partial charge is 0.497 e. The highest BCUT2D eigenvalue weighted by molar-refractivity contribution is 5.48. The predicted octanol–water partition coefficient (Wildman–Crippen LogP) is 1.01. The molecule has 0 amide bonds. The smallest absolute Gasteiger partial charge is 0.120 e. The summed E-state index contributed by atoms with van der Waals surface area (Å²) in [5.41, 5.74) is 1.11. The lowest BCUT2D eigenvalue weighted by Crippen LogP contribution is -2.51. The zero-order valence-electron chi connectivity index (χ0n) is 10.6. The van der Waals surface area contributed by atoms with Gasteiger partial charge in [0.25, 0.3) is 0 Å². The number of hydrogen-bond donors (Lipinski definition) is 2. The average Bonchev–Trinajstić information content (AvgIpc) is 2.37. The molecule has 1 atom stereocenters. The molecule has 1 heterocycles. The summed E-state index contributed by atoms with van der Waals surface area (Å²) in [6.45, 7) is 4.24. The van der Waals surface area contributed by atoms with Crippen molar-refractivity contribution in [2.24, 2.45) is 0 Å². The molecule has 0 aromatic heterocycles. The molecule has 1 aliphatic rings. The van der Waals surface area contributed by atoms with E-state index in [4.69, 9.17) is 4.74 Å². The van der Waals surface area contributed by atoms with Crippen LogP contribution < -0.4 is 15.4 Å². The molecule has 1 unspecified atom stereocenters. The Morgan fingerprint density at radius 1 is 1.53 bits per heavy atom. The molecule has 1 aromatic rings. The van der Waals surface area contributed by atoms with Gasteiger partial charge in [-0.05, 0) is 19.2 Å². The standard InChI is InChI=1S/C13H21N3O/c1-16-7-6-14-12(10-16)9-15-11-4-3-5-13(8-11)17-2/h3-5,8,12,14-15H,6-7,9-10H2,1-2H3. The van der Waals surface area contributed by atoms with Crippen LogP contribution in [0.1, 0.15) is 0 Å². The van der Waals surface area contributed by atoms with Crippen molar-refractivity contribution in [1.29, 1.82) is 0 Å². The summed E-state index contributed by atoms with van der Waals surface area (Å²) in [6, 6.07) is 8.56.